The molecule has 0 aliphatic heterocycles. The first-order valence-electron chi connectivity index (χ1n) is 6.39. The number of hydrogen-bond acceptors (Lipinski definition) is 4. The van der Waals surface area contributed by atoms with Gasteiger partial charge in [0, 0.05) is 24.7 Å². The van der Waals surface area contributed by atoms with Crippen LogP contribution in [0, 0.1) is 0 Å². The van der Waals surface area contributed by atoms with E-state index in [4.69, 9.17) is 10.5 Å². The number of rotatable bonds is 5. The van der Waals surface area contributed by atoms with E-state index in [0.29, 0.717) is 24.5 Å². The quantitative estimate of drug-likeness (QED) is 0.861. The van der Waals surface area contributed by atoms with Crippen molar-refractivity contribution in [1.82, 2.24) is 15.1 Å². The molecule has 2 aromatic rings. The lowest BCUT2D eigenvalue weighted by Gasteiger charge is -2.06. The number of carbonyl (C=O) groups excluding carboxylic acids is 1. The fraction of sp³-hybridized carbons (Fsp3) is 0.286. The summed E-state index contributed by atoms with van der Waals surface area (Å²) >= 11 is 0. The molecule has 0 aliphatic rings. The van der Waals surface area contributed by atoms with Crippen molar-refractivity contribution in [3.63, 3.8) is 0 Å². The van der Waals surface area contributed by atoms with Gasteiger partial charge < -0.3 is 15.8 Å². The van der Waals surface area contributed by atoms with Gasteiger partial charge in [-0.1, -0.05) is 0 Å². The molecule has 2 rings (SSSR count). The third-order valence-electron chi connectivity index (χ3n) is 2.93. The van der Waals surface area contributed by atoms with Crippen LogP contribution in [0.15, 0.2) is 30.5 Å². The number of hydrogen-bond donors (Lipinski definition) is 2. The van der Waals surface area contributed by atoms with Crippen LogP contribution < -0.4 is 15.8 Å². The predicted molar refractivity (Wildman–Crippen MR) is 76.4 cm³/mol. The molecule has 0 unspecified atom stereocenters. The molecule has 6 heteroatoms. The number of nitrogens with one attached hydrogen (secondary N) is 1. The van der Waals surface area contributed by atoms with Crippen molar-refractivity contribution in [3.8, 4) is 5.75 Å². The molecule has 106 valence electrons. The van der Waals surface area contributed by atoms with E-state index >= 15 is 0 Å². The number of amides is 1. The number of anilines is 1. The number of ether oxygens (including phenoxy) is 1. The molecule has 20 heavy (non-hydrogen) atoms. The number of aromatic nitrogens is 2. The maximum Gasteiger partial charge on any atom is 0.251 e. The largest absolute Gasteiger partial charge is 0.494 e. The van der Waals surface area contributed by atoms with Gasteiger partial charge in [0.25, 0.3) is 5.91 Å². The maximum absolute atomic E-state index is 12.0. The molecule has 6 nitrogen and oxygen atoms in total. The van der Waals surface area contributed by atoms with E-state index in [1.54, 1.807) is 42.2 Å². The fourth-order valence-corrected chi connectivity index (χ4v) is 1.78. The van der Waals surface area contributed by atoms with Crippen molar-refractivity contribution >= 4 is 11.7 Å². The first-order chi connectivity index (χ1) is 9.61. The van der Waals surface area contributed by atoms with E-state index in [2.05, 4.69) is 10.4 Å². The number of nitrogens with zero attached hydrogens (tertiary/aromatic N) is 2. The zero-order valence-electron chi connectivity index (χ0n) is 11.6. The number of nitrogen functional groups attached to an aromatic ring is 1. The van der Waals surface area contributed by atoms with E-state index in [0.717, 1.165) is 11.3 Å². The van der Waals surface area contributed by atoms with E-state index in [1.807, 2.05) is 6.92 Å². The Morgan fingerprint density at radius 1 is 1.40 bits per heavy atom. The van der Waals surface area contributed by atoms with Crippen LogP contribution in [0.2, 0.25) is 0 Å². The second kappa shape index (κ2) is 6.10. The Bertz CT molecular complexity index is 590. The van der Waals surface area contributed by atoms with Crippen LogP contribution in [0.5, 0.6) is 5.75 Å². The second-order valence-corrected chi connectivity index (χ2v) is 4.32. The fourth-order valence-electron chi connectivity index (χ4n) is 1.78. The van der Waals surface area contributed by atoms with Gasteiger partial charge in [0.2, 0.25) is 0 Å². The molecule has 0 saturated carbocycles. The molecule has 0 radical (unpaired) electrons. The molecular formula is C14H18N4O2. The van der Waals surface area contributed by atoms with Gasteiger partial charge in [-0.25, -0.2) is 0 Å². The van der Waals surface area contributed by atoms with Crippen molar-refractivity contribution in [2.24, 2.45) is 7.05 Å². The molecule has 0 bridgehead atoms. The summed E-state index contributed by atoms with van der Waals surface area (Å²) in [5, 5.41) is 6.83. The van der Waals surface area contributed by atoms with Gasteiger partial charge in [-0.05, 0) is 31.2 Å². The molecule has 0 spiro atoms. The maximum atomic E-state index is 12.0. The second-order valence-electron chi connectivity index (χ2n) is 4.32. The van der Waals surface area contributed by atoms with E-state index in [-0.39, 0.29) is 5.91 Å². The number of benzene rings is 1. The van der Waals surface area contributed by atoms with Crippen molar-refractivity contribution < 1.29 is 9.53 Å². The monoisotopic (exact) mass is 274 g/mol. The highest BCUT2D eigenvalue weighted by molar-refractivity contribution is 5.94. The topological polar surface area (TPSA) is 82.2 Å². The Labute approximate surface area is 117 Å². The van der Waals surface area contributed by atoms with Crippen LogP contribution in [0.1, 0.15) is 22.8 Å². The lowest BCUT2D eigenvalue weighted by Crippen LogP contribution is -2.23. The van der Waals surface area contributed by atoms with Crippen molar-refractivity contribution in [3.05, 3.63) is 41.6 Å². The predicted octanol–water partition coefficient (Wildman–Crippen LogP) is 1.33. The SMILES string of the molecule is CCOc1ccc(C(=O)NCc2cnn(C)c2N)cc1. The molecule has 3 N–H and O–H groups in total. The summed E-state index contributed by atoms with van der Waals surface area (Å²) in [6.45, 7) is 2.87. The minimum Gasteiger partial charge on any atom is -0.494 e. The van der Waals surface area contributed by atoms with E-state index in [9.17, 15) is 4.79 Å². The highest BCUT2D eigenvalue weighted by Crippen LogP contribution is 2.13. The molecule has 0 aliphatic carbocycles. The third kappa shape index (κ3) is 3.09. The Morgan fingerprint density at radius 2 is 2.10 bits per heavy atom. The van der Waals surface area contributed by atoms with E-state index < -0.39 is 0 Å². The normalized spacial score (nSPS) is 10.3. The van der Waals surface area contributed by atoms with Crippen LogP contribution in [0.25, 0.3) is 0 Å². The zero-order chi connectivity index (χ0) is 14.5. The molecule has 0 fully saturated rings. The minimum atomic E-state index is -0.156. The van der Waals surface area contributed by atoms with Crippen molar-refractivity contribution in [2.45, 2.75) is 13.5 Å². The van der Waals surface area contributed by atoms with Crippen LogP contribution >= 0.6 is 0 Å². The van der Waals surface area contributed by atoms with Gasteiger partial charge in [0.1, 0.15) is 11.6 Å². The molecule has 1 amide bonds. The number of aryl methyl sites for hydroxylation is 1. The van der Waals surface area contributed by atoms with Crippen LogP contribution in [0.3, 0.4) is 0 Å². The molecule has 1 heterocycles. The molecule has 0 atom stereocenters. The molecule has 0 saturated heterocycles. The van der Waals surface area contributed by atoms with Crippen LogP contribution in [-0.4, -0.2) is 22.3 Å². The summed E-state index contributed by atoms with van der Waals surface area (Å²) in [5.41, 5.74) is 7.19. The van der Waals surface area contributed by atoms with Gasteiger partial charge in [-0.3, -0.25) is 9.48 Å². The molecule has 1 aromatic carbocycles. The average molecular weight is 274 g/mol. The highest BCUT2D eigenvalue weighted by atomic mass is 16.5. The molecule has 1 aromatic heterocycles. The smallest absolute Gasteiger partial charge is 0.251 e. The standard InChI is InChI=1S/C14H18N4O2/c1-3-20-12-6-4-10(5-7-12)14(19)16-8-11-9-17-18(2)13(11)15/h4-7,9H,3,8,15H2,1-2H3,(H,16,19). The summed E-state index contributed by atoms with van der Waals surface area (Å²) in [6, 6.07) is 7.01. The van der Waals surface area contributed by atoms with Gasteiger partial charge in [-0.15, -0.1) is 0 Å². The average Bonchev–Trinajstić information content (AvgIpc) is 2.77. The first-order valence-corrected chi connectivity index (χ1v) is 6.39. The summed E-state index contributed by atoms with van der Waals surface area (Å²) in [5.74, 6) is 1.15. The lowest BCUT2D eigenvalue weighted by atomic mass is 10.2. The Morgan fingerprint density at radius 3 is 2.65 bits per heavy atom. The summed E-state index contributed by atoms with van der Waals surface area (Å²) in [7, 11) is 1.76. The highest BCUT2D eigenvalue weighted by Gasteiger charge is 2.08. The van der Waals surface area contributed by atoms with Gasteiger partial charge in [-0.2, -0.15) is 5.10 Å². The summed E-state index contributed by atoms with van der Waals surface area (Å²) in [6.07, 6.45) is 1.65. The van der Waals surface area contributed by atoms with Crippen molar-refractivity contribution in [1.29, 1.82) is 0 Å². The summed E-state index contributed by atoms with van der Waals surface area (Å²) in [4.78, 5) is 12.0. The Kier molecular flexibility index (Phi) is 4.24. The summed E-state index contributed by atoms with van der Waals surface area (Å²) < 4.78 is 6.90. The minimum absolute atomic E-state index is 0.156. The van der Waals surface area contributed by atoms with Crippen molar-refractivity contribution in [2.75, 3.05) is 12.3 Å². The number of nitrogens with two attached hydrogens (primary N) is 1. The number of carbonyl (C=O) groups is 1. The van der Waals surface area contributed by atoms with Crippen LogP contribution in [-0.2, 0) is 13.6 Å². The van der Waals surface area contributed by atoms with Gasteiger partial charge in [0.15, 0.2) is 0 Å². The zero-order valence-corrected chi connectivity index (χ0v) is 11.6. The Balaban J connectivity index is 1.96. The van der Waals surface area contributed by atoms with Gasteiger partial charge >= 0.3 is 0 Å². The van der Waals surface area contributed by atoms with Crippen LogP contribution in [0.4, 0.5) is 5.82 Å². The van der Waals surface area contributed by atoms with E-state index in [1.165, 1.54) is 0 Å². The first kappa shape index (κ1) is 13.9. The Hall–Kier alpha value is -2.50. The third-order valence-corrected chi connectivity index (χ3v) is 2.93. The molecular weight excluding hydrogens is 256 g/mol. The lowest BCUT2D eigenvalue weighted by molar-refractivity contribution is 0.0951. The van der Waals surface area contributed by atoms with Gasteiger partial charge in [0.05, 0.1) is 12.8 Å².